The molecule has 0 aromatic rings. The molecule has 0 atom stereocenters. The van der Waals surface area contributed by atoms with E-state index in [4.69, 9.17) is 4.74 Å². The fourth-order valence-electron chi connectivity index (χ4n) is 2.69. The van der Waals surface area contributed by atoms with Gasteiger partial charge in [-0.2, -0.15) is 5.26 Å². The second kappa shape index (κ2) is 7.61. The van der Waals surface area contributed by atoms with E-state index in [2.05, 4.69) is 44.0 Å². The van der Waals surface area contributed by atoms with E-state index in [-0.39, 0.29) is 5.91 Å². The molecule has 5 nitrogen and oxygen atoms in total. The SMILES string of the molecule is CC(C)N(CCNC(=O)C1(C#N)CCOCC1)C(C)C. The predicted octanol–water partition coefficient (Wildman–Crippen LogP) is 1.54. The van der Waals surface area contributed by atoms with Crippen LogP contribution in [0.3, 0.4) is 0 Å². The molecule has 0 radical (unpaired) electrons. The fourth-order valence-corrected chi connectivity index (χ4v) is 2.69. The minimum Gasteiger partial charge on any atom is -0.381 e. The monoisotopic (exact) mass is 281 g/mol. The molecular formula is C15H27N3O2. The van der Waals surface area contributed by atoms with Crippen molar-refractivity contribution in [2.24, 2.45) is 5.41 Å². The van der Waals surface area contributed by atoms with Gasteiger partial charge in [0.1, 0.15) is 5.41 Å². The lowest BCUT2D eigenvalue weighted by atomic mass is 9.81. The first-order valence-corrected chi connectivity index (χ1v) is 7.46. The van der Waals surface area contributed by atoms with Crippen molar-refractivity contribution in [2.75, 3.05) is 26.3 Å². The number of nitrogens with zero attached hydrogens (tertiary/aromatic N) is 2. The molecule has 1 amide bonds. The molecule has 1 saturated heterocycles. The van der Waals surface area contributed by atoms with Crippen LogP contribution in [0.4, 0.5) is 0 Å². The zero-order chi connectivity index (χ0) is 15.2. The molecule has 0 unspecified atom stereocenters. The van der Waals surface area contributed by atoms with Gasteiger partial charge < -0.3 is 10.1 Å². The lowest BCUT2D eigenvalue weighted by Crippen LogP contribution is -2.47. The Kier molecular flexibility index (Phi) is 6.44. The molecule has 20 heavy (non-hydrogen) atoms. The molecule has 0 spiro atoms. The molecule has 0 aromatic heterocycles. The van der Waals surface area contributed by atoms with Gasteiger partial charge in [0.25, 0.3) is 0 Å². The third-order valence-electron chi connectivity index (χ3n) is 3.98. The summed E-state index contributed by atoms with van der Waals surface area (Å²) in [5, 5.41) is 12.2. The van der Waals surface area contributed by atoms with E-state index in [9.17, 15) is 10.1 Å². The van der Waals surface area contributed by atoms with Gasteiger partial charge in [-0.3, -0.25) is 9.69 Å². The van der Waals surface area contributed by atoms with Crippen molar-refractivity contribution in [3.63, 3.8) is 0 Å². The molecule has 0 aliphatic carbocycles. The second-order valence-electron chi connectivity index (χ2n) is 5.99. The number of nitrogens with one attached hydrogen (secondary N) is 1. The average Bonchev–Trinajstić information content (AvgIpc) is 2.43. The van der Waals surface area contributed by atoms with Crippen LogP contribution < -0.4 is 5.32 Å². The molecule has 1 aliphatic heterocycles. The zero-order valence-corrected chi connectivity index (χ0v) is 13.1. The molecular weight excluding hydrogens is 254 g/mol. The number of carbonyl (C=O) groups excluding carboxylic acids is 1. The predicted molar refractivity (Wildman–Crippen MR) is 78.1 cm³/mol. The van der Waals surface area contributed by atoms with Crippen molar-refractivity contribution >= 4 is 5.91 Å². The molecule has 1 N–H and O–H groups in total. The summed E-state index contributed by atoms with van der Waals surface area (Å²) >= 11 is 0. The number of amides is 1. The largest absolute Gasteiger partial charge is 0.381 e. The van der Waals surface area contributed by atoms with Crippen molar-refractivity contribution in [2.45, 2.75) is 52.6 Å². The van der Waals surface area contributed by atoms with Crippen LogP contribution in [0, 0.1) is 16.7 Å². The quantitative estimate of drug-likeness (QED) is 0.802. The average molecular weight is 281 g/mol. The number of ether oxygens (including phenoxy) is 1. The molecule has 1 aliphatic rings. The minimum atomic E-state index is -0.890. The maximum absolute atomic E-state index is 12.3. The molecule has 114 valence electrons. The Morgan fingerprint density at radius 2 is 1.85 bits per heavy atom. The summed E-state index contributed by atoms with van der Waals surface area (Å²) in [6.45, 7) is 11.0. The van der Waals surface area contributed by atoms with Crippen LogP contribution in [0.2, 0.25) is 0 Å². The highest BCUT2D eigenvalue weighted by molar-refractivity contribution is 5.85. The van der Waals surface area contributed by atoms with Gasteiger partial charge in [0.15, 0.2) is 0 Å². The summed E-state index contributed by atoms with van der Waals surface area (Å²) in [6.07, 6.45) is 0.987. The first kappa shape index (κ1) is 16.9. The van der Waals surface area contributed by atoms with Gasteiger partial charge in [-0.05, 0) is 40.5 Å². The topological polar surface area (TPSA) is 65.4 Å². The number of rotatable bonds is 6. The first-order valence-electron chi connectivity index (χ1n) is 7.46. The normalized spacial score (nSPS) is 18.3. The van der Waals surface area contributed by atoms with Crippen molar-refractivity contribution < 1.29 is 9.53 Å². The maximum Gasteiger partial charge on any atom is 0.240 e. The lowest BCUT2D eigenvalue weighted by molar-refractivity contribution is -0.132. The van der Waals surface area contributed by atoms with Crippen molar-refractivity contribution in [3.8, 4) is 6.07 Å². The smallest absolute Gasteiger partial charge is 0.240 e. The van der Waals surface area contributed by atoms with Gasteiger partial charge in [0.05, 0.1) is 6.07 Å². The Labute approximate surface area is 122 Å². The first-order chi connectivity index (χ1) is 9.43. The van der Waals surface area contributed by atoms with Crippen molar-refractivity contribution in [1.29, 1.82) is 5.26 Å². The lowest BCUT2D eigenvalue weighted by Gasteiger charge is -2.32. The van der Waals surface area contributed by atoms with Crippen LogP contribution in [0.25, 0.3) is 0 Å². The van der Waals surface area contributed by atoms with Gasteiger partial charge in [0.2, 0.25) is 5.91 Å². The molecule has 0 bridgehead atoms. The maximum atomic E-state index is 12.3. The number of hydrogen-bond donors (Lipinski definition) is 1. The molecule has 5 heteroatoms. The molecule has 1 fully saturated rings. The summed E-state index contributed by atoms with van der Waals surface area (Å²) in [5.74, 6) is -0.143. The zero-order valence-electron chi connectivity index (χ0n) is 13.1. The van der Waals surface area contributed by atoms with E-state index in [1.807, 2.05) is 0 Å². The van der Waals surface area contributed by atoms with E-state index in [0.29, 0.717) is 44.7 Å². The highest BCUT2D eigenvalue weighted by atomic mass is 16.5. The standard InChI is InChI=1S/C15H27N3O2/c1-12(2)18(13(3)4)8-7-17-14(19)15(11-16)5-9-20-10-6-15/h12-13H,5-10H2,1-4H3,(H,17,19). The summed E-state index contributed by atoms with van der Waals surface area (Å²) in [6, 6.07) is 3.08. The van der Waals surface area contributed by atoms with Crippen LogP contribution in [-0.4, -0.2) is 49.2 Å². The number of hydrogen-bond acceptors (Lipinski definition) is 4. The van der Waals surface area contributed by atoms with Crippen molar-refractivity contribution in [3.05, 3.63) is 0 Å². The van der Waals surface area contributed by atoms with Crippen LogP contribution >= 0.6 is 0 Å². The minimum absolute atomic E-state index is 0.143. The fraction of sp³-hybridized carbons (Fsp3) is 0.867. The van der Waals surface area contributed by atoms with E-state index < -0.39 is 5.41 Å². The van der Waals surface area contributed by atoms with E-state index >= 15 is 0 Å². The van der Waals surface area contributed by atoms with Crippen LogP contribution in [0.5, 0.6) is 0 Å². The van der Waals surface area contributed by atoms with E-state index in [0.717, 1.165) is 6.54 Å². The summed E-state index contributed by atoms with van der Waals surface area (Å²) < 4.78 is 5.24. The molecule has 1 heterocycles. The van der Waals surface area contributed by atoms with E-state index in [1.54, 1.807) is 0 Å². The van der Waals surface area contributed by atoms with Gasteiger partial charge in [-0.25, -0.2) is 0 Å². The Balaban J connectivity index is 2.48. The van der Waals surface area contributed by atoms with Crippen LogP contribution in [0.15, 0.2) is 0 Å². The second-order valence-corrected chi connectivity index (χ2v) is 5.99. The summed E-state index contributed by atoms with van der Waals surface area (Å²) in [4.78, 5) is 14.6. The van der Waals surface area contributed by atoms with Gasteiger partial charge >= 0.3 is 0 Å². The van der Waals surface area contributed by atoms with Gasteiger partial charge in [-0.15, -0.1) is 0 Å². The van der Waals surface area contributed by atoms with Crippen LogP contribution in [-0.2, 0) is 9.53 Å². The van der Waals surface area contributed by atoms with Gasteiger partial charge in [0, 0.05) is 38.4 Å². The third-order valence-corrected chi connectivity index (χ3v) is 3.98. The number of carbonyl (C=O) groups is 1. The Bertz CT molecular complexity index is 347. The summed E-state index contributed by atoms with van der Waals surface area (Å²) in [5.41, 5.74) is -0.890. The molecule has 1 rings (SSSR count). The Morgan fingerprint density at radius 1 is 1.30 bits per heavy atom. The summed E-state index contributed by atoms with van der Waals surface area (Å²) in [7, 11) is 0. The van der Waals surface area contributed by atoms with Gasteiger partial charge in [-0.1, -0.05) is 0 Å². The Hall–Kier alpha value is -1.12. The molecule has 0 saturated carbocycles. The molecule has 0 aromatic carbocycles. The highest BCUT2D eigenvalue weighted by Crippen LogP contribution is 2.29. The Morgan fingerprint density at radius 3 is 2.30 bits per heavy atom. The van der Waals surface area contributed by atoms with E-state index in [1.165, 1.54) is 0 Å². The number of nitriles is 1. The third kappa shape index (κ3) is 4.19. The van der Waals surface area contributed by atoms with Crippen molar-refractivity contribution in [1.82, 2.24) is 10.2 Å². The van der Waals surface area contributed by atoms with Crippen LogP contribution in [0.1, 0.15) is 40.5 Å². The highest BCUT2D eigenvalue weighted by Gasteiger charge is 2.40.